The molecule has 4 N–H and O–H groups in total. The van der Waals surface area contributed by atoms with E-state index in [2.05, 4.69) is 74.6 Å². The highest BCUT2D eigenvalue weighted by atomic mass is 16.7. The number of hydrogen-bond donors (Lipinski definition) is 4. The van der Waals surface area contributed by atoms with E-state index < -0.39 is 43.4 Å². The number of aliphatic hydroxyl groups is 4. The standard InChI is InChI=1S/C57H102O9/c1-3-5-7-9-11-13-15-17-19-21-22-23-24-25-26-27-28-29-31-33-35-37-39-41-43-45-47-63-49-51(50-64-57-56(62)55(61)54(60)52(48-58)66-57)65-53(59)46-44-42-40-38-36-34-32-30-20-18-16-14-12-10-8-6-4-2/h5,7,11,13,17,19,22-23,25-26,51-52,54-58,60-62H,3-4,6,8-10,12,14-16,18,20-21,24,27-50H2,1-2H3/b7-5-,13-11-,19-17-,23-22-,26-25-. The molecule has 0 amide bonds. The maximum atomic E-state index is 12.9. The number of hydrogen-bond acceptors (Lipinski definition) is 9. The zero-order valence-corrected chi connectivity index (χ0v) is 42.4. The minimum Gasteiger partial charge on any atom is -0.457 e. The third-order valence-corrected chi connectivity index (χ3v) is 12.4. The fourth-order valence-electron chi connectivity index (χ4n) is 8.23. The lowest BCUT2D eigenvalue weighted by Gasteiger charge is -2.39. The highest BCUT2D eigenvalue weighted by Gasteiger charge is 2.44. The van der Waals surface area contributed by atoms with E-state index >= 15 is 0 Å². The van der Waals surface area contributed by atoms with Gasteiger partial charge in [0.15, 0.2) is 6.29 Å². The van der Waals surface area contributed by atoms with Crippen LogP contribution in [0.2, 0.25) is 0 Å². The molecule has 6 unspecified atom stereocenters. The Balaban J connectivity index is 2.17. The van der Waals surface area contributed by atoms with E-state index in [4.69, 9.17) is 18.9 Å². The molecule has 0 aromatic heterocycles. The van der Waals surface area contributed by atoms with Gasteiger partial charge >= 0.3 is 5.97 Å². The highest BCUT2D eigenvalue weighted by Crippen LogP contribution is 2.23. The predicted molar refractivity (Wildman–Crippen MR) is 274 cm³/mol. The SMILES string of the molecule is CC/C=C\C/C=C\C/C=C\C/C=C\C/C=C\CCCCCCCCCCCCOCC(COC1OC(CO)C(O)C(O)C1O)OC(=O)CCCCCCCCCCCCCCCCCCC. The van der Waals surface area contributed by atoms with Gasteiger partial charge in [0.05, 0.1) is 19.8 Å². The minimum atomic E-state index is -1.54. The molecule has 66 heavy (non-hydrogen) atoms. The van der Waals surface area contributed by atoms with Gasteiger partial charge in [-0.1, -0.05) is 229 Å². The molecule has 1 aliphatic rings. The van der Waals surface area contributed by atoms with Crippen LogP contribution in [0, 0.1) is 0 Å². The number of esters is 1. The quantitative estimate of drug-likeness (QED) is 0.0267. The van der Waals surface area contributed by atoms with Crippen LogP contribution in [0.1, 0.15) is 232 Å². The summed E-state index contributed by atoms with van der Waals surface area (Å²) in [5.41, 5.74) is 0. The van der Waals surface area contributed by atoms with Crippen LogP contribution >= 0.6 is 0 Å². The minimum absolute atomic E-state index is 0.114. The van der Waals surface area contributed by atoms with Gasteiger partial charge in [-0.15, -0.1) is 0 Å². The van der Waals surface area contributed by atoms with E-state index in [1.54, 1.807) is 0 Å². The Morgan fingerprint density at radius 2 is 0.924 bits per heavy atom. The maximum absolute atomic E-state index is 12.9. The summed E-state index contributed by atoms with van der Waals surface area (Å²) in [5, 5.41) is 40.3. The summed E-state index contributed by atoms with van der Waals surface area (Å²) >= 11 is 0. The molecule has 9 heteroatoms. The van der Waals surface area contributed by atoms with Gasteiger partial charge in [-0.3, -0.25) is 4.79 Å². The Kier molecular flexibility index (Phi) is 45.0. The van der Waals surface area contributed by atoms with Crippen molar-refractivity contribution in [3.05, 3.63) is 60.8 Å². The first-order valence-corrected chi connectivity index (χ1v) is 27.4. The number of allylic oxidation sites excluding steroid dienone is 10. The van der Waals surface area contributed by atoms with E-state index in [0.29, 0.717) is 13.0 Å². The summed E-state index contributed by atoms with van der Waals surface area (Å²) in [7, 11) is 0. The summed E-state index contributed by atoms with van der Waals surface area (Å²) < 4.78 is 22.9. The van der Waals surface area contributed by atoms with Crippen LogP contribution in [-0.2, 0) is 23.7 Å². The number of ether oxygens (including phenoxy) is 4. The predicted octanol–water partition coefficient (Wildman–Crippen LogP) is 13.8. The van der Waals surface area contributed by atoms with E-state index in [1.165, 1.54) is 148 Å². The first kappa shape index (κ1) is 61.9. The Labute approximate surface area is 405 Å². The molecule has 1 heterocycles. The first-order chi connectivity index (χ1) is 32.4. The van der Waals surface area contributed by atoms with Crippen molar-refractivity contribution in [1.82, 2.24) is 0 Å². The van der Waals surface area contributed by atoms with Gasteiger partial charge in [0.1, 0.15) is 30.5 Å². The van der Waals surface area contributed by atoms with E-state index in [-0.39, 0.29) is 19.2 Å². The van der Waals surface area contributed by atoms with E-state index in [0.717, 1.165) is 64.2 Å². The smallest absolute Gasteiger partial charge is 0.306 e. The van der Waals surface area contributed by atoms with Crippen molar-refractivity contribution in [2.24, 2.45) is 0 Å². The monoisotopic (exact) mass is 931 g/mol. The van der Waals surface area contributed by atoms with Crippen LogP contribution in [0.4, 0.5) is 0 Å². The van der Waals surface area contributed by atoms with Crippen LogP contribution in [0.25, 0.3) is 0 Å². The molecule has 1 aliphatic heterocycles. The van der Waals surface area contributed by atoms with Gasteiger partial charge in [-0.05, 0) is 57.8 Å². The molecule has 9 nitrogen and oxygen atoms in total. The van der Waals surface area contributed by atoms with E-state index in [9.17, 15) is 25.2 Å². The van der Waals surface area contributed by atoms with Crippen LogP contribution in [-0.4, -0.2) is 89.6 Å². The molecular formula is C57H102O9. The molecule has 1 saturated heterocycles. The van der Waals surface area contributed by atoms with Crippen LogP contribution in [0.3, 0.4) is 0 Å². The number of carbonyl (C=O) groups is 1. The lowest BCUT2D eigenvalue weighted by molar-refractivity contribution is -0.305. The van der Waals surface area contributed by atoms with Crippen molar-refractivity contribution in [3.8, 4) is 0 Å². The maximum Gasteiger partial charge on any atom is 0.306 e. The second kappa shape index (κ2) is 47.9. The molecule has 1 rings (SSSR count). The van der Waals surface area contributed by atoms with Crippen molar-refractivity contribution >= 4 is 5.97 Å². The normalized spacial score (nSPS) is 19.8. The van der Waals surface area contributed by atoms with Crippen molar-refractivity contribution < 1.29 is 44.2 Å². The number of aliphatic hydroxyl groups excluding tert-OH is 4. The molecule has 1 fully saturated rings. The Bertz CT molecular complexity index is 1200. The molecule has 0 saturated carbocycles. The second-order valence-corrected chi connectivity index (χ2v) is 18.7. The van der Waals surface area contributed by atoms with Gasteiger partial charge < -0.3 is 39.4 Å². The average molecular weight is 931 g/mol. The number of carbonyl (C=O) groups excluding carboxylic acids is 1. The summed E-state index contributed by atoms with van der Waals surface area (Å²) in [6.07, 6.45) is 55.4. The summed E-state index contributed by atoms with van der Waals surface area (Å²) in [5.74, 6) is -0.313. The molecule has 0 spiro atoms. The zero-order valence-electron chi connectivity index (χ0n) is 42.4. The molecule has 0 aromatic carbocycles. The summed E-state index contributed by atoms with van der Waals surface area (Å²) in [4.78, 5) is 12.9. The lowest BCUT2D eigenvalue weighted by atomic mass is 9.99. The number of rotatable bonds is 47. The van der Waals surface area contributed by atoms with Gasteiger partial charge in [-0.2, -0.15) is 0 Å². The topological polar surface area (TPSA) is 135 Å². The first-order valence-electron chi connectivity index (χ1n) is 27.4. The molecule has 0 aliphatic carbocycles. The van der Waals surface area contributed by atoms with Crippen LogP contribution < -0.4 is 0 Å². The van der Waals surface area contributed by atoms with Crippen molar-refractivity contribution in [3.63, 3.8) is 0 Å². The molecule has 6 atom stereocenters. The summed E-state index contributed by atoms with van der Waals surface area (Å²) in [6, 6.07) is 0. The Morgan fingerprint density at radius 3 is 1.39 bits per heavy atom. The van der Waals surface area contributed by atoms with Crippen LogP contribution in [0.15, 0.2) is 60.8 Å². The Hall–Kier alpha value is -2.11. The second-order valence-electron chi connectivity index (χ2n) is 18.7. The van der Waals surface area contributed by atoms with Gasteiger partial charge in [0, 0.05) is 13.0 Å². The number of unbranched alkanes of at least 4 members (excludes halogenated alkanes) is 26. The van der Waals surface area contributed by atoms with E-state index in [1.807, 2.05) is 0 Å². The Morgan fingerprint density at radius 1 is 0.500 bits per heavy atom. The van der Waals surface area contributed by atoms with Gasteiger partial charge in [-0.25, -0.2) is 0 Å². The van der Waals surface area contributed by atoms with Crippen molar-refractivity contribution in [1.29, 1.82) is 0 Å². The fraction of sp³-hybridized carbons (Fsp3) is 0.807. The zero-order chi connectivity index (χ0) is 47.8. The lowest BCUT2D eigenvalue weighted by Crippen LogP contribution is -2.59. The average Bonchev–Trinajstić information content (AvgIpc) is 3.32. The van der Waals surface area contributed by atoms with Crippen LogP contribution in [0.5, 0.6) is 0 Å². The molecule has 0 aromatic rings. The highest BCUT2D eigenvalue weighted by molar-refractivity contribution is 5.69. The third-order valence-electron chi connectivity index (χ3n) is 12.4. The molecular weight excluding hydrogens is 829 g/mol. The fourth-order valence-corrected chi connectivity index (χ4v) is 8.23. The van der Waals surface area contributed by atoms with Crippen molar-refractivity contribution in [2.45, 2.75) is 269 Å². The third kappa shape index (κ3) is 37.8. The summed E-state index contributed by atoms with van der Waals surface area (Å²) in [6.45, 7) is 4.46. The molecule has 384 valence electrons. The molecule has 0 bridgehead atoms. The largest absolute Gasteiger partial charge is 0.457 e. The molecule has 0 radical (unpaired) electrons. The van der Waals surface area contributed by atoms with Crippen molar-refractivity contribution in [2.75, 3.05) is 26.4 Å². The van der Waals surface area contributed by atoms with Gasteiger partial charge in [0.2, 0.25) is 0 Å². The van der Waals surface area contributed by atoms with Gasteiger partial charge in [0.25, 0.3) is 0 Å².